The minimum atomic E-state index is -0.446. The predicted octanol–water partition coefficient (Wildman–Crippen LogP) is 1.84. The van der Waals surface area contributed by atoms with Crippen molar-refractivity contribution in [2.45, 2.75) is 33.3 Å². The first-order chi connectivity index (χ1) is 9.35. The average molecular weight is 278 g/mol. The lowest BCUT2D eigenvalue weighted by Crippen LogP contribution is -2.50. The molecule has 1 amide bonds. The van der Waals surface area contributed by atoms with Crippen molar-refractivity contribution < 1.29 is 9.53 Å². The van der Waals surface area contributed by atoms with E-state index in [1.807, 2.05) is 33.8 Å². The molecule has 1 aliphatic heterocycles. The van der Waals surface area contributed by atoms with Crippen LogP contribution in [0.15, 0.2) is 12.4 Å². The third-order valence-corrected chi connectivity index (χ3v) is 3.04. The Morgan fingerprint density at radius 1 is 1.20 bits per heavy atom. The topological polar surface area (TPSA) is 58.6 Å². The van der Waals surface area contributed by atoms with Crippen LogP contribution in [0.2, 0.25) is 0 Å². The van der Waals surface area contributed by atoms with E-state index in [0.717, 1.165) is 24.6 Å². The maximum Gasteiger partial charge on any atom is 0.410 e. The molecular weight excluding hydrogens is 256 g/mol. The number of nitrogens with zero attached hydrogens (tertiary/aromatic N) is 4. The molecule has 2 heterocycles. The molecule has 6 heteroatoms. The molecule has 20 heavy (non-hydrogen) atoms. The highest BCUT2D eigenvalue weighted by atomic mass is 16.6. The quantitative estimate of drug-likeness (QED) is 0.784. The van der Waals surface area contributed by atoms with Gasteiger partial charge >= 0.3 is 6.09 Å². The van der Waals surface area contributed by atoms with Gasteiger partial charge in [0.15, 0.2) is 0 Å². The molecule has 2 rings (SSSR count). The fraction of sp³-hybridized carbons (Fsp3) is 0.643. The van der Waals surface area contributed by atoms with Crippen molar-refractivity contribution in [2.75, 3.05) is 31.1 Å². The Hall–Kier alpha value is -1.85. The minimum Gasteiger partial charge on any atom is -0.444 e. The fourth-order valence-electron chi connectivity index (χ4n) is 2.06. The minimum absolute atomic E-state index is 0.240. The highest BCUT2D eigenvalue weighted by Gasteiger charge is 2.26. The first-order valence-corrected chi connectivity index (χ1v) is 6.87. The molecule has 110 valence electrons. The zero-order chi connectivity index (χ0) is 14.8. The second kappa shape index (κ2) is 5.64. The van der Waals surface area contributed by atoms with Crippen molar-refractivity contribution in [3.63, 3.8) is 0 Å². The maximum absolute atomic E-state index is 12.0. The lowest BCUT2D eigenvalue weighted by atomic mass is 10.2. The van der Waals surface area contributed by atoms with Crippen LogP contribution in [0.1, 0.15) is 26.5 Å². The molecule has 1 saturated heterocycles. The van der Waals surface area contributed by atoms with Crippen molar-refractivity contribution in [3.8, 4) is 0 Å². The van der Waals surface area contributed by atoms with E-state index in [2.05, 4.69) is 14.9 Å². The van der Waals surface area contributed by atoms with Crippen LogP contribution in [0.3, 0.4) is 0 Å². The summed E-state index contributed by atoms with van der Waals surface area (Å²) in [4.78, 5) is 24.2. The van der Waals surface area contributed by atoms with Gasteiger partial charge in [-0.3, -0.25) is 0 Å². The zero-order valence-electron chi connectivity index (χ0n) is 12.6. The standard InChI is InChI=1S/C14H22N4O2/c1-11-9-12(16-10-15-11)17-5-7-18(8-6-17)13(19)20-14(2,3)4/h9-10H,5-8H2,1-4H3. The summed E-state index contributed by atoms with van der Waals surface area (Å²) in [6.07, 6.45) is 1.33. The third kappa shape index (κ3) is 3.82. The zero-order valence-corrected chi connectivity index (χ0v) is 12.6. The van der Waals surface area contributed by atoms with Gasteiger partial charge < -0.3 is 14.5 Å². The SMILES string of the molecule is Cc1cc(N2CCN(C(=O)OC(C)(C)C)CC2)ncn1. The number of carbonyl (C=O) groups is 1. The van der Waals surface area contributed by atoms with Crippen LogP contribution < -0.4 is 4.90 Å². The summed E-state index contributed by atoms with van der Waals surface area (Å²) >= 11 is 0. The number of rotatable bonds is 1. The lowest BCUT2D eigenvalue weighted by molar-refractivity contribution is 0.0240. The number of hydrogen-bond donors (Lipinski definition) is 0. The molecule has 0 atom stereocenters. The number of hydrogen-bond acceptors (Lipinski definition) is 5. The average Bonchev–Trinajstić information content (AvgIpc) is 2.37. The molecule has 1 aliphatic rings. The van der Waals surface area contributed by atoms with Gasteiger partial charge in [-0.15, -0.1) is 0 Å². The number of amides is 1. The second-order valence-corrected chi connectivity index (χ2v) is 5.97. The van der Waals surface area contributed by atoms with Gasteiger partial charge in [-0.2, -0.15) is 0 Å². The molecule has 0 bridgehead atoms. The number of ether oxygens (including phenoxy) is 1. The summed E-state index contributed by atoms with van der Waals surface area (Å²) in [5, 5.41) is 0. The smallest absolute Gasteiger partial charge is 0.410 e. The number of anilines is 1. The van der Waals surface area contributed by atoms with Crippen LogP contribution in [0.4, 0.5) is 10.6 Å². The summed E-state index contributed by atoms with van der Waals surface area (Å²) in [7, 11) is 0. The van der Waals surface area contributed by atoms with E-state index in [4.69, 9.17) is 4.74 Å². The predicted molar refractivity (Wildman–Crippen MR) is 76.8 cm³/mol. The van der Waals surface area contributed by atoms with Gasteiger partial charge in [-0.05, 0) is 27.7 Å². The largest absolute Gasteiger partial charge is 0.444 e. The Morgan fingerprint density at radius 2 is 1.85 bits per heavy atom. The van der Waals surface area contributed by atoms with E-state index in [1.165, 1.54) is 0 Å². The summed E-state index contributed by atoms with van der Waals surface area (Å²) in [5.41, 5.74) is 0.502. The van der Waals surface area contributed by atoms with Crippen molar-refractivity contribution in [1.29, 1.82) is 0 Å². The van der Waals surface area contributed by atoms with Crippen LogP contribution >= 0.6 is 0 Å². The van der Waals surface area contributed by atoms with Crippen LogP contribution in [-0.2, 0) is 4.74 Å². The second-order valence-electron chi connectivity index (χ2n) is 5.97. The molecule has 1 fully saturated rings. The fourth-order valence-corrected chi connectivity index (χ4v) is 2.06. The number of piperazine rings is 1. The number of aryl methyl sites for hydroxylation is 1. The Labute approximate surface area is 119 Å². The molecule has 0 saturated carbocycles. The first kappa shape index (κ1) is 14.6. The molecule has 0 aliphatic carbocycles. The molecule has 0 spiro atoms. The van der Waals surface area contributed by atoms with Gasteiger partial charge in [0.1, 0.15) is 17.7 Å². The monoisotopic (exact) mass is 278 g/mol. The van der Waals surface area contributed by atoms with Crippen LogP contribution in [-0.4, -0.2) is 52.7 Å². The number of aromatic nitrogens is 2. The van der Waals surface area contributed by atoms with Gasteiger partial charge in [0.2, 0.25) is 0 Å². The van der Waals surface area contributed by atoms with Gasteiger partial charge in [0.25, 0.3) is 0 Å². The van der Waals surface area contributed by atoms with Crippen molar-refractivity contribution in [2.24, 2.45) is 0 Å². The Balaban J connectivity index is 1.91. The van der Waals surface area contributed by atoms with Crippen molar-refractivity contribution >= 4 is 11.9 Å². The molecule has 0 aromatic carbocycles. The molecule has 1 aromatic heterocycles. The van der Waals surface area contributed by atoms with Crippen LogP contribution in [0.5, 0.6) is 0 Å². The third-order valence-electron chi connectivity index (χ3n) is 3.04. The molecule has 6 nitrogen and oxygen atoms in total. The van der Waals surface area contributed by atoms with E-state index in [0.29, 0.717) is 13.1 Å². The maximum atomic E-state index is 12.0. The summed E-state index contributed by atoms with van der Waals surface area (Å²) in [6, 6.07) is 1.96. The van der Waals surface area contributed by atoms with Crippen molar-refractivity contribution in [1.82, 2.24) is 14.9 Å². The Kier molecular flexibility index (Phi) is 4.11. The van der Waals surface area contributed by atoms with Crippen LogP contribution in [0.25, 0.3) is 0 Å². The van der Waals surface area contributed by atoms with Gasteiger partial charge in [-0.25, -0.2) is 14.8 Å². The summed E-state index contributed by atoms with van der Waals surface area (Å²) in [6.45, 7) is 10.4. The first-order valence-electron chi connectivity index (χ1n) is 6.87. The molecular formula is C14H22N4O2. The Bertz CT molecular complexity index is 476. The number of carbonyl (C=O) groups excluding carboxylic acids is 1. The van der Waals surface area contributed by atoms with E-state index in [1.54, 1.807) is 11.2 Å². The molecule has 0 N–H and O–H groups in total. The summed E-state index contributed by atoms with van der Waals surface area (Å²) in [5.74, 6) is 0.918. The molecule has 0 radical (unpaired) electrons. The normalized spacial score (nSPS) is 16.2. The summed E-state index contributed by atoms with van der Waals surface area (Å²) < 4.78 is 5.38. The highest BCUT2D eigenvalue weighted by Crippen LogP contribution is 2.16. The van der Waals surface area contributed by atoms with Crippen LogP contribution in [0, 0.1) is 6.92 Å². The lowest BCUT2D eigenvalue weighted by Gasteiger charge is -2.36. The molecule has 1 aromatic rings. The Morgan fingerprint density at radius 3 is 2.40 bits per heavy atom. The highest BCUT2D eigenvalue weighted by molar-refractivity contribution is 5.68. The van der Waals surface area contributed by atoms with E-state index in [9.17, 15) is 4.79 Å². The van der Waals surface area contributed by atoms with Crippen molar-refractivity contribution in [3.05, 3.63) is 18.1 Å². The van der Waals surface area contributed by atoms with E-state index >= 15 is 0 Å². The van der Waals surface area contributed by atoms with Gasteiger partial charge in [0, 0.05) is 37.9 Å². The van der Waals surface area contributed by atoms with Gasteiger partial charge in [-0.1, -0.05) is 0 Å². The van der Waals surface area contributed by atoms with Gasteiger partial charge in [0.05, 0.1) is 0 Å². The van der Waals surface area contributed by atoms with E-state index in [-0.39, 0.29) is 6.09 Å². The van der Waals surface area contributed by atoms with E-state index < -0.39 is 5.60 Å². The molecule has 0 unspecified atom stereocenters.